The fourth-order valence-corrected chi connectivity index (χ4v) is 2.06. The molecule has 2 aromatic rings. The van der Waals surface area contributed by atoms with Crippen LogP contribution in [0.4, 0.5) is 26.3 Å². The highest BCUT2D eigenvalue weighted by atomic mass is 19.4. The van der Waals surface area contributed by atoms with Gasteiger partial charge in [-0.25, -0.2) is 14.1 Å². The number of hydrogen-bond donors (Lipinski definition) is 1. The monoisotopic (exact) mass is 339 g/mol. The summed E-state index contributed by atoms with van der Waals surface area (Å²) < 4.78 is 78.1. The van der Waals surface area contributed by atoms with Crippen molar-refractivity contribution >= 4 is 0 Å². The Morgan fingerprint density at radius 3 is 2.13 bits per heavy atom. The Bertz CT molecular complexity index is 641. The van der Waals surface area contributed by atoms with Crippen molar-refractivity contribution in [1.29, 1.82) is 0 Å². The third-order valence-corrected chi connectivity index (χ3v) is 3.20. The molecule has 0 bridgehead atoms. The van der Waals surface area contributed by atoms with Gasteiger partial charge >= 0.3 is 12.1 Å². The summed E-state index contributed by atoms with van der Waals surface area (Å²) in [5, 5.41) is 14.0. The molecular weight excluding hydrogens is 328 g/mol. The van der Waals surface area contributed by atoms with Gasteiger partial charge in [0, 0.05) is 0 Å². The van der Waals surface area contributed by atoms with Crippen LogP contribution < -0.4 is 0 Å². The minimum absolute atomic E-state index is 0.293. The van der Waals surface area contributed by atoms with E-state index in [0.717, 1.165) is 41.6 Å². The van der Waals surface area contributed by atoms with Crippen molar-refractivity contribution in [3.8, 4) is 0 Å². The van der Waals surface area contributed by atoms with Crippen LogP contribution in [0, 0.1) is 5.82 Å². The first-order chi connectivity index (χ1) is 10.5. The topological polar surface area (TPSA) is 50.9 Å². The van der Waals surface area contributed by atoms with Crippen molar-refractivity contribution in [2.75, 3.05) is 0 Å². The van der Waals surface area contributed by atoms with Crippen molar-refractivity contribution < 1.29 is 31.4 Å². The van der Waals surface area contributed by atoms with Crippen molar-refractivity contribution in [1.82, 2.24) is 14.8 Å². The van der Waals surface area contributed by atoms with E-state index in [4.69, 9.17) is 0 Å². The van der Waals surface area contributed by atoms with Gasteiger partial charge in [-0.1, -0.05) is 12.1 Å². The van der Waals surface area contributed by atoms with Crippen LogP contribution in [0.3, 0.4) is 0 Å². The fraction of sp³-hybridized carbons (Fsp3) is 0.385. The van der Waals surface area contributed by atoms with Crippen LogP contribution in [-0.4, -0.2) is 32.0 Å². The minimum Gasteiger partial charge on any atom is -0.383 e. The summed E-state index contributed by atoms with van der Waals surface area (Å²) in [4.78, 5) is 3.53. The Hall–Kier alpha value is -2.10. The van der Waals surface area contributed by atoms with Crippen LogP contribution in [0.1, 0.15) is 12.0 Å². The molecule has 126 valence electrons. The lowest BCUT2D eigenvalue weighted by Crippen LogP contribution is -2.45. The molecule has 10 heteroatoms. The van der Waals surface area contributed by atoms with Crippen molar-refractivity contribution in [3.63, 3.8) is 0 Å². The van der Waals surface area contributed by atoms with E-state index >= 15 is 0 Å². The maximum absolute atomic E-state index is 13.4. The first-order valence-corrected chi connectivity index (χ1v) is 6.29. The second kappa shape index (κ2) is 5.84. The average molecular weight is 339 g/mol. The molecular formula is C13H11F6N3O. The van der Waals surface area contributed by atoms with E-state index < -0.39 is 36.5 Å². The first-order valence-electron chi connectivity index (χ1n) is 6.29. The predicted molar refractivity (Wildman–Crippen MR) is 65.9 cm³/mol. The second-order valence-electron chi connectivity index (χ2n) is 5.01. The Morgan fingerprint density at radius 2 is 1.65 bits per heavy atom. The molecule has 2 rings (SSSR count). The van der Waals surface area contributed by atoms with Gasteiger partial charge in [0.25, 0.3) is 0 Å². The summed E-state index contributed by atoms with van der Waals surface area (Å²) in [5.74, 6) is -5.86. The highest BCUT2D eigenvalue weighted by Gasteiger charge is 2.60. The number of hydrogen-bond acceptors (Lipinski definition) is 3. The molecule has 4 nitrogen and oxygen atoms in total. The van der Waals surface area contributed by atoms with Gasteiger partial charge < -0.3 is 5.11 Å². The Balaban J connectivity index is 2.40. The van der Waals surface area contributed by atoms with Gasteiger partial charge in [-0.3, -0.25) is 0 Å². The van der Waals surface area contributed by atoms with Gasteiger partial charge in [-0.2, -0.15) is 27.1 Å². The molecule has 1 aromatic carbocycles. The van der Waals surface area contributed by atoms with E-state index in [9.17, 15) is 31.4 Å². The number of aliphatic hydroxyl groups is 1. The molecule has 0 spiro atoms. The van der Waals surface area contributed by atoms with Gasteiger partial charge in [0.2, 0.25) is 0 Å². The molecule has 0 fully saturated rings. The van der Waals surface area contributed by atoms with Crippen molar-refractivity contribution in [2.45, 2.75) is 30.7 Å². The van der Waals surface area contributed by atoms with E-state index in [1.807, 2.05) is 0 Å². The summed E-state index contributed by atoms with van der Waals surface area (Å²) in [5.41, 5.74) is -2.92. The van der Waals surface area contributed by atoms with Gasteiger partial charge in [0.05, 0.1) is 13.0 Å². The summed E-state index contributed by atoms with van der Waals surface area (Å²) in [7, 11) is 0. The third-order valence-electron chi connectivity index (χ3n) is 3.20. The number of aromatic nitrogens is 3. The molecule has 1 unspecified atom stereocenters. The maximum Gasteiger partial charge on any atom is 0.453 e. The zero-order chi connectivity index (χ0) is 17.3. The van der Waals surface area contributed by atoms with E-state index in [-0.39, 0.29) is 5.56 Å². The summed E-state index contributed by atoms with van der Waals surface area (Å²) in [6.07, 6.45) is -5.68. The van der Waals surface area contributed by atoms with Crippen LogP contribution in [0.2, 0.25) is 0 Å². The largest absolute Gasteiger partial charge is 0.453 e. The van der Waals surface area contributed by atoms with Crippen LogP contribution in [0.25, 0.3) is 0 Å². The van der Waals surface area contributed by atoms with Gasteiger partial charge in [0.1, 0.15) is 24.1 Å². The molecule has 1 heterocycles. The normalized spacial score (nSPS) is 15.4. The smallest absolute Gasteiger partial charge is 0.383 e. The SMILES string of the molecule is OC(Cn1cncn1)(CC(F)(F)C(F)(F)F)c1ccc(F)cc1. The lowest BCUT2D eigenvalue weighted by atomic mass is 9.87. The zero-order valence-corrected chi connectivity index (χ0v) is 11.4. The van der Waals surface area contributed by atoms with Gasteiger partial charge in [0.15, 0.2) is 0 Å². The summed E-state index contributed by atoms with van der Waals surface area (Å²) in [6.45, 7) is -0.704. The molecule has 1 atom stereocenters. The molecule has 1 N–H and O–H groups in total. The van der Waals surface area contributed by atoms with E-state index in [1.165, 1.54) is 0 Å². The van der Waals surface area contributed by atoms with Crippen molar-refractivity contribution in [3.05, 3.63) is 48.3 Å². The van der Waals surface area contributed by atoms with E-state index in [0.29, 0.717) is 0 Å². The number of alkyl halides is 5. The van der Waals surface area contributed by atoms with Crippen LogP contribution >= 0.6 is 0 Å². The first kappa shape index (κ1) is 17.3. The number of halogens is 6. The summed E-state index contributed by atoms with van der Waals surface area (Å²) in [6, 6.07) is 3.60. The molecule has 23 heavy (non-hydrogen) atoms. The molecule has 0 saturated heterocycles. The fourth-order valence-electron chi connectivity index (χ4n) is 2.06. The zero-order valence-electron chi connectivity index (χ0n) is 11.4. The Kier molecular flexibility index (Phi) is 4.38. The minimum atomic E-state index is -5.83. The number of rotatable bonds is 5. The highest BCUT2D eigenvalue weighted by molar-refractivity contribution is 5.23. The Morgan fingerprint density at radius 1 is 1.04 bits per heavy atom. The quantitative estimate of drug-likeness (QED) is 0.853. The molecule has 0 aliphatic carbocycles. The predicted octanol–water partition coefficient (Wildman–Crippen LogP) is 2.89. The molecule has 0 radical (unpaired) electrons. The number of nitrogens with zero attached hydrogens (tertiary/aromatic N) is 3. The standard InChI is InChI=1S/C13H11F6N3O/c14-10-3-1-9(2-4-10)11(23,6-22-8-20-7-21-22)5-12(15,16)13(17,18)19/h1-4,7-8,23H,5-6H2. The molecule has 0 saturated carbocycles. The van der Waals surface area contributed by atoms with Crippen molar-refractivity contribution in [2.24, 2.45) is 0 Å². The molecule has 0 aliphatic rings. The maximum atomic E-state index is 13.4. The lowest BCUT2D eigenvalue weighted by Gasteiger charge is -2.33. The highest BCUT2D eigenvalue weighted by Crippen LogP contribution is 2.44. The third kappa shape index (κ3) is 3.81. The lowest BCUT2D eigenvalue weighted by molar-refractivity contribution is -0.299. The van der Waals surface area contributed by atoms with Crippen LogP contribution in [0.15, 0.2) is 36.9 Å². The Labute approximate surface area is 126 Å². The van der Waals surface area contributed by atoms with E-state index in [2.05, 4.69) is 10.1 Å². The summed E-state index contributed by atoms with van der Waals surface area (Å²) >= 11 is 0. The van der Waals surface area contributed by atoms with Gasteiger partial charge in [-0.05, 0) is 17.7 Å². The second-order valence-corrected chi connectivity index (χ2v) is 5.01. The molecule has 0 aliphatic heterocycles. The molecule has 0 amide bonds. The number of benzene rings is 1. The van der Waals surface area contributed by atoms with Crippen LogP contribution in [0.5, 0.6) is 0 Å². The average Bonchev–Trinajstić information content (AvgIpc) is 2.89. The van der Waals surface area contributed by atoms with E-state index in [1.54, 1.807) is 0 Å². The van der Waals surface area contributed by atoms with Crippen LogP contribution in [-0.2, 0) is 12.1 Å². The molecule has 1 aromatic heterocycles. The van der Waals surface area contributed by atoms with Gasteiger partial charge in [-0.15, -0.1) is 0 Å².